The lowest BCUT2D eigenvalue weighted by Gasteiger charge is -2.21. The SMILES string of the molecule is CCCCCCCCCCCCCCCCCCCCCCCCC(=O)O[C@H](COC(=O)CCCCCCCCCCCCCCCCCCCCC(C)C)COP(=O)(O)OC[C@@H](O)COP(=O)(O)OC[C@@H](COC(=O)CCCCCCCCC(C)C)OC(=O)CCCCCCCCC(C)CC. The summed E-state index contributed by atoms with van der Waals surface area (Å²) >= 11 is 0. The van der Waals surface area contributed by atoms with Gasteiger partial charge < -0.3 is 33.8 Å². The first kappa shape index (κ1) is 100. The lowest BCUT2D eigenvalue weighted by atomic mass is 10.00. The molecule has 0 aromatic heterocycles. The molecule has 0 heterocycles. The number of hydrogen-bond acceptors (Lipinski definition) is 15. The normalized spacial score (nSPS) is 14.2. The lowest BCUT2D eigenvalue weighted by Crippen LogP contribution is -2.30. The second-order valence-electron chi connectivity index (χ2n) is 31.1. The molecule has 0 radical (unpaired) electrons. The van der Waals surface area contributed by atoms with Crippen LogP contribution in [0.5, 0.6) is 0 Å². The number of carbonyl (C=O) groups excluding carboxylic acids is 4. The van der Waals surface area contributed by atoms with Crippen molar-refractivity contribution in [2.24, 2.45) is 17.8 Å². The Balaban J connectivity index is 5.16. The Morgan fingerprint density at radius 1 is 0.284 bits per heavy atom. The summed E-state index contributed by atoms with van der Waals surface area (Å²) < 4.78 is 68.6. The molecular weight excluding hydrogens is 1330 g/mol. The van der Waals surface area contributed by atoms with Crippen molar-refractivity contribution < 1.29 is 80.2 Å². The third-order valence-corrected chi connectivity index (χ3v) is 21.6. The minimum atomic E-state index is -4.96. The van der Waals surface area contributed by atoms with Crippen LogP contribution in [0, 0.1) is 17.8 Å². The van der Waals surface area contributed by atoms with Crippen LogP contribution in [-0.2, 0) is 65.4 Å². The van der Waals surface area contributed by atoms with Gasteiger partial charge in [0.2, 0.25) is 0 Å². The number of aliphatic hydroxyl groups is 1. The van der Waals surface area contributed by atoms with Gasteiger partial charge in [0, 0.05) is 25.7 Å². The first-order valence-corrected chi connectivity index (χ1v) is 45.9. The Kier molecular flexibility index (Phi) is 71.8. The van der Waals surface area contributed by atoms with Crippen molar-refractivity contribution in [1.82, 2.24) is 0 Å². The van der Waals surface area contributed by atoms with Gasteiger partial charge in [0.05, 0.1) is 26.4 Å². The number of phosphoric acid groups is 2. The van der Waals surface area contributed by atoms with E-state index < -0.39 is 97.5 Å². The van der Waals surface area contributed by atoms with Crippen molar-refractivity contribution in [1.29, 1.82) is 0 Å². The van der Waals surface area contributed by atoms with E-state index in [1.807, 2.05) is 0 Å². The number of hydrogen-bond donors (Lipinski definition) is 3. The zero-order valence-corrected chi connectivity index (χ0v) is 68.9. The molecule has 0 aliphatic rings. The van der Waals surface area contributed by atoms with Gasteiger partial charge in [-0.2, -0.15) is 0 Å². The van der Waals surface area contributed by atoms with E-state index in [-0.39, 0.29) is 25.7 Å². The van der Waals surface area contributed by atoms with Gasteiger partial charge in [-0.1, -0.05) is 382 Å². The van der Waals surface area contributed by atoms with E-state index in [2.05, 4.69) is 48.5 Å². The van der Waals surface area contributed by atoms with Gasteiger partial charge in [-0.25, -0.2) is 9.13 Å². The molecule has 0 bridgehead atoms. The number of unbranched alkanes of at least 4 members (excludes halogenated alkanes) is 48. The molecule has 19 heteroatoms. The first-order valence-electron chi connectivity index (χ1n) is 42.9. The number of phosphoric ester groups is 2. The highest BCUT2D eigenvalue weighted by Crippen LogP contribution is 2.45. The minimum Gasteiger partial charge on any atom is -0.462 e. The van der Waals surface area contributed by atoms with Crippen LogP contribution in [0.15, 0.2) is 0 Å². The third kappa shape index (κ3) is 74.9. The Labute approximate surface area is 626 Å². The van der Waals surface area contributed by atoms with Crippen molar-refractivity contribution >= 4 is 39.5 Å². The van der Waals surface area contributed by atoms with Crippen LogP contribution in [0.1, 0.15) is 434 Å². The molecule has 3 unspecified atom stereocenters. The van der Waals surface area contributed by atoms with Crippen molar-refractivity contribution in [2.75, 3.05) is 39.6 Å². The maximum atomic E-state index is 13.1. The summed E-state index contributed by atoms with van der Waals surface area (Å²) in [5, 5.41) is 10.6. The van der Waals surface area contributed by atoms with E-state index in [4.69, 9.17) is 37.0 Å². The van der Waals surface area contributed by atoms with Gasteiger partial charge >= 0.3 is 39.5 Å². The Morgan fingerprint density at radius 2 is 0.500 bits per heavy atom. The van der Waals surface area contributed by atoms with E-state index >= 15 is 0 Å². The second kappa shape index (κ2) is 73.2. The third-order valence-electron chi connectivity index (χ3n) is 19.7. The molecule has 102 heavy (non-hydrogen) atoms. The molecule has 0 aromatic rings. The molecule has 6 atom stereocenters. The van der Waals surface area contributed by atoms with Gasteiger partial charge in [0.1, 0.15) is 19.3 Å². The summed E-state index contributed by atoms with van der Waals surface area (Å²) in [7, 11) is -9.92. The summed E-state index contributed by atoms with van der Waals surface area (Å²) in [6, 6.07) is 0. The molecule has 0 saturated carbocycles. The molecule has 0 aromatic carbocycles. The average molecular weight is 1490 g/mol. The van der Waals surface area contributed by atoms with Crippen molar-refractivity contribution in [2.45, 2.75) is 452 Å². The fraction of sp³-hybridized carbons (Fsp3) is 0.952. The van der Waals surface area contributed by atoms with Gasteiger partial charge in [0.25, 0.3) is 0 Å². The molecule has 0 aliphatic carbocycles. The van der Waals surface area contributed by atoms with Crippen molar-refractivity contribution in [3.63, 3.8) is 0 Å². The van der Waals surface area contributed by atoms with Gasteiger partial charge in [-0.15, -0.1) is 0 Å². The molecule has 0 rings (SSSR count). The van der Waals surface area contributed by atoms with Gasteiger partial charge in [-0.05, 0) is 43.4 Å². The quantitative estimate of drug-likeness (QED) is 0.0222. The van der Waals surface area contributed by atoms with Crippen LogP contribution in [0.4, 0.5) is 0 Å². The van der Waals surface area contributed by atoms with Gasteiger partial charge in [-0.3, -0.25) is 37.3 Å². The highest BCUT2D eigenvalue weighted by molar-refractivity contribution is 7.47. The van der Waals surface area contributed by atoms with E-state index in [0.717, 1.165) is 108 Å². The van der Waals surface area contributed by atoms with E-state index in [1.165, 1.54) is 238 Å². The summed E-state index contributed by atoms with van der Waals surface area (Å²) in [5.74, 6) is 0.105. The van der Waals surface area contributed by atoms with Crippen molar-refractivity contribution in [3.05, 3.63) is 0 Å². The van der Waals surface area contributed by atoms with Crippen molar-refractivity contribution in [3.8, 4) is 0 Å². The molecule has 17 nitrogen and oxygen atoms in total. The van der Waals surface area contributed by atoms with E-state index in [0.29, 0.717) is 31.6 Å². The molecule has 0 aliphatic heterocycles. The van der Waals surface area contributed by atoms with Crippen LogP contribution in [0.2, 0.25) is 0 Å². The van der Waals surface area contributed by atoms with Gasteiger partial charge in [0.15, 0.2) is 12.2 Å². The zero-order valence-electron chi connectivity index (χ0n) is 67.1. The van der Waals surface area contributed by atoms with Crippen LogP contribution in [-0.4, -0.2) is 96.7 Å². The fourth-order valence-electron chi connectivity index (χ4n) is 12.8. The summed E-state index contributed by atoms with van der Waals surface area (Å²) in [4.78, 5) is 72.9. The maximum Gasteiger partial charge on any atom is 0.472 e. The Hall–Kier alpha value is -1.94. The molecule has 0 amide bonds. The highest BCUT2D eigenvalue weighted by Gasteiger charge is 2.30. The van der Waals surface area contributed by atoms with Crippen LogP contribution < -0.4 is 0 Å². The van der Waals surface area contributed by atoms with Crippen LogP contribution in [0.3, 0.4) is 0 Å². The number of esters is 4. The summed E-state index contributed by atoms with van der Waals surface area (Å²) in [6.07, 6.45) is 63.0. The molecule has 0 saturated heterocycles. The number of aliphatic hydroxyl groups excluding tert-OH is 1. The number of rotatable bonds is 81. The minimum absolute atomic E-state index is 0.102. The van der Waals surface area contributed by atoms with E-state index in [1.54, 1.807) is 0 Å². The predicted molar refractivity (Wildman–Crippen MR) is 418 cm³/mol. The van der Waals surface area contributed by atoms with Crippen LogP contribution >= 0.6 is 15.6 Å². The first-order chi connectivity index (χ1) is 49.3. The standard InChI is InChI=1S/C83H162O17P2/c1-8-10-11-12-13-14-15-16-17-18-19-20-21-22-27-30-33-36-39-42-52-59-66-82(87)99-78(70-93-80(85)64-57-50-41-38-35-32-29-26-24-23-25-28-31-34-37-40-47-54-61-74(3)4)72-97-101(89,90)95-68-77(84)69-96-102(91,92)98-73-79(71-94-81(86)65-58-51-45-43-48-55-62-75(5)6)100-83(88)67-60-53-46-44-49-56-63-76(7)9-2/h74-79,84H,8-73H2,1-7H3,(H,89,90)(H,91,92)/t76?,77-,78-,79-/m1/s1. The highest BCUT2D eigenvalue weighted by atomic mass is 31.2. The zero-order chi connectivity index (χ0) is 75.1. The largest absolute Gasteiger partial charge is 0.472 e. The smallest absolute Gasteiger partial charge is 0.462 e. The average Bonchev–Trinajstić information content (AvgIpc) is 0.987. The summed E-state index contributed by atoms with van der Waals surface area (Å²) in [5.41, 5.74) is 0. The number of carbonyl (C=O) groups is 4. The molecule has 3 N–H and O–H groups in total. The van der Waals surface area contributed by atoms with Crippen LogP contribution in [0.25, 0.3) is 0 Å². The lowest BCUT2D eigenvalue weighted by molar-refractivity contribution is -0.161. The van der Waals surface area contributed by atoms with E-state index in [9.17, 15) is 43.2 Å². The summed E-state index contributed by atoms with van der Waals surface area (Å²) in [6.45, 7) is 11.8. The molecular formula is C83H162O17P2. The molecule has 0 fully saturated rings. The monoisotopic (exact) mass is 1490 g/mol. The Morgan fingerprint density at radius 3 is 0.745 bits per heavy atom. The molecule has 0 spiro atoms. The predicted octanol–water partition coefficient (Wildman–Crippen LogP) is 24.9. The number of ether oxygens (including phenoxy) is 4. The molecule has 606 valence electrons. The topological polar surface area (TPSA) is 237 Å². The fourth-order valence-corrected chi connectivity index (χ4v) is 14.4. The second-order valence-corrected chi connectivity index (χ2v) is 34.0. The maximum absolute atomic E-state index is 13.1. The Bertz CT molecular complexity index is 1980.